The van der Waals surface area contributed by atoms with Gasteiger partial charge in [0.15, 0.2) is 0 Å². The van der Waals surface area contributed by atoms with Crippen LogP contribution in [0.4, 0.5) is 0 Å². The number of hydrogen-bond acceptors (Lipinski definition) is 2. The zero-order chi connectivity index (χ0) is 13.6. The third-order valence-electron chi connectivity index (χ3n) is 2.73. The van der Waals surface area contributed by atoms with E-state index in [-0.39, 0.29) is 11.3 Å². The molecule has 0 atom stereocenters. The second kappa shape index (κ2) is 6.20. The Labute approximate surface area is 109 Å². The van der Waals surface area contributed by atoms with E-state index in [1.807, 2.05) is 24.3 Å². The number of nitrogens with zero attached hydrogens (tertiary/aromatic N) is 1. The molecule has 0 heterocycles. The van der Waals surface area contributed by atoms with E-state index < -0.39 is 0 Å². The number of carbonyl (C=O) groups is 1. The number of carbonyl (C=O) groups excluding carboxylic acids is 1. The highest BCUT2D eigenvalue weighted by atomic mass is 16.1. The predicted molar refractivity (Wildman–Crippen MR) is 72.3 cm³/mol. The van der Waals surface area contributed by atoms with Crippen LogP contribution in [0.25, 0.3) is 0 Å². The SMILES string of the molecule is CC(C)(C)c1ccccc1C(=O)NCCCC#N. The third-order valence-corrected chi connectivity index (χ3v) is 2.73. The largest absolute Gasteiger partial charge is 0.352 e. The summed E-state index contributed by atoms with van der Waals surface area (Å²) in [6.45, 7) is 6.82. The summed E-state index contributed by atoms with van der Waals surface area (Å²) in [5.74, 6) is -0.0570. The topological polar surface area (TPSA) is 52.9 Å². The van der Waals surface area contributed by atoms with Crippen molar-refractivity contribution < 1.29 is 4.79 Å². The molecular weight excluding hydrogens is 224 g/mol. The molecule has 0 radical (unpaired) electrons. The van der Waals surface area contributed by atoms with E-state index in [0.29, 0.717) is 19.4 Å². The van der Waals surface area contributed by atoms with E-state index in [1.165, 1.54) is 0 Å². The van der Waals surface area contributed by atoms with E-state index in [0.717, 1.165) is 11.1 Å². The summed E-state index contributed by atoms with van der Waals surface area (Å²) in [7, 11) is 0. The average Bonchev–Trinajstić information content (AvgIpc) is 2.33. The van der Waals surface area contributed by atoms with E-state index in [9.17, 15) is 4.79 Å². The zero-order valence-corrected chi connectivity index (χ0v) is 11.3. The number of amides is 1. The Bertz CT molecular complexity index is 452. The first-order valence-electron chi connectivity index (χ1n) is 6.21. The van der Waals surface area contributed by atoms with Crippen molar-refractivity contribution in [2.24, 2.45) is 0 Å². The highest BCUT2D eigenvalue weighted by molar-refractivity contribution is 5.96. The summed E-state index contributed by atoms with van der Waals surface area (Å²) >= 11 is 0. The van der Waals surface area contributed by atoms with Crippen LogP contribution >= 0.6 is 0 Å². The van der Waals surface area contributed by atoms with Gasteiger partial charge in [0, 0.05) is 18.5 Å². The van der Waals surface area contributed by atoms with Crippen LogP contribution in [0, 0.1) is 11.3 Å². The molecule has 1 amide bonds. The van der Waals surface area contributed by atoms with E-state index >= 15 is 0 Å². The molecule has 0 aliphatic heterocycles. The van der Waals surface area contributed by atoms with Crippen molar-refractivity contribution >= 4 is 5.91 Å². The maximum atomic E-state index is 12.1. The van der Waals surface area contributed by atoms with Gasteiger partial charge in [0.05, 0.1) is 6.07 Å². The van der Waals surface area contributed by atoms with Gasteiger partial charge in [-0.3, -0.25) is 4.79 Å². The summed E-state index contributed by atoms with van der Waals surface area (Å²) in [5, 5.41) is 11.3. The number of nitrogens with one attached hydrogen (secondary N) is 1. The van der Waals surface area contributed by atoms with Crippen LogP contribution in [0.1, 0.15) is 49.5 Å². The summed E-state index contributed by atoms with van der Waals surface area (Å²) < 4.78 is 0. The molecule has 3 heteroatoms. The molecule has 0 bridgehead atoms. The Morgan fingerprint density at radius 3 is 2.61 bits per heavy atom. The van der Waals surface area contributed by atoms with Crippen molar-refractivity contribution in [1.29, 1.82) is 5.26 Å². The molecule has 1 aromatic carbocycles. The molecule has 1 aromatic rings. The minimum absolute atomic E-state index is 0.0550. The van der Waals surface area contributed by atoms with Gasteiger partial charge in [-0.05, 0) is 23.5 Å². The van der Waals surface area contributed by atoms with E-state index in [4.69, 9.17) is 5.26 Å². The number of unbranched alkanes of at least 4 members (excludes halogenated alkanes) is 1. The molecule has 0 aliphatic rings. The standard InChI is InChI=1S/C15H20N2O/c1-15(2,3)13-9-5-4-8-12(13)14(18)17-11-7-6-10-16/h4-5,8-9H,6-7,11H2,1-3H3,(H,17,18). The molecule has 0 spiro atoms. The van der Waals surface area contributed by atoms with Gasteiger partial charge < -0.3 is 5.32 Å². The van der Waals surface area contributed by atoms with Crippen molar-refractivity contribution in [1.82, 2.24) is 5.32 Å². The number of benzene rings is 1. The first kappa shape index (κ1) is 14.2. The molecule has 0 fully saturated rings. The lowest BCUT2D eigenvalue weighted by Crippen LogP contribution is -2.27. The Morgan fingerprint density at radius 2 is 2.00 bits per heavy atom. The summed E-state index contributed by atoms with van der Waals surface area (Å²) in [6, 6.07) is 9.73. The Balaban J connectivity index is 2.77. The van der Waals surface area contributed by atoms with Gasteiger partial charge >= 0.3 is 0 Å². The monoisotopic (exact) mass is 244 g/mol. The van der Waals surface area contributed by atoms with Crippen LogP contribution in [-0.4, -0.2) is 12.5 Å². The van der Waals surface area contributed by atoms with Crippen LogP contribution in [0.2, 0.25) is 0 Å². The van der Waals surface area contributed by atoms with Crippen molar-refractivity contribution in [3.8, 4) is 6.07 Å². The lowest BCUT2D eigenvalue weighted by Gasteiger charge is -2.22. The van der Waals surface area contributed by atoms with Crippen LogP contribution in [0.15, 0.2) is 24.3 Å². The quantitative estimate of drug-likeness (QED) is 0.828. The lowest BCUT2D eigenvalue weighted by molar-refractivity contribution is 0.0951. The first-order chi connectivity index (χ1) is 8.46. The smallest absolute Gasteiger partial charge is 0.251 e. The van der Waals surface area contributed by atoms with Gasteiger partial charge in [0.1, 0.15) is 0 Å². The average molecular weight is 244 g/mol. The fraction of sp³-hybridized carbons (Fsp3) is 0.467. The van der Waals surface area contributed by atoms with Gasteiger partial charge in [-0.2, -0.15) is 5.26 Å². The number of hydrogen-bond donors (Lipinski definition) is 1. The maximum absolute atomic E-state index is 12.1. The van der Waals surface area contributed by atoms with Gasteiger partial charge in [-0.25, -0.2) is 0 Å². The summed E-state index contributed by atoms with van der Waals surface area (Å²) in [4.78, 5) is 12.1. The summed E-state index contributed by atoms with van der Waals surface area (Å²) in [5.41, 5.74) is 1.71. The third kappa shape index (κ3) is 3.89. The second-order valence-corrected chi connectivity index (χ2v) is 5.31. The van der Waals surface area contributed by atoms with Crippen LogP contribution < -0.4 is 5.32 Å². The second-order valence-electron chi connectivity index (χ2n) is 5.31. The Kier molecular flexibility index (Phi) is 4.91. The maximum Gasteiger partial charge on any atom is 0.251 e. The van der Waals surface area contributed by atoms with Gasteiger partial charge in [-0.15, -0.1) is 0 Å². The fourth-order valence-electron chi connectivity index (χ4n) is 1.80. The van der Waals surface area contributed by atoms with Crippen LogP contribution in [0.3, 0.4) is 0 Å². The highest BCUT2D eigenvalue weighted by Gasteiger charge is 2.20. The van der Waals surface area contributed by atoms with Gasteiger partial charge in [0.2, 0.25) is 0 Å². The van der Waals surface area contributed by atoms with Gasteiger partial charge in [-0.1, -0.05) is 39.0 Å². The molecule has 0 unspecified atom stereocenters. The first-order valence-corrected chi connectivity index (χ1v) is 6.21. The lowest BCUT2D eigenvalue weighted by atomic mass is 9.83. The van der Waals surface area contributed by atoms with E-state index in [2.05, 4.69) is 32.2 Å². The van der Waals surface area contributed by atoms with Crippen molar-refractivity contribution in [3.63, 3.8) is 0 Å². The van der Waals surface area contributed by atoms with Crippen molar-refractivity contribution in [2.75, 3.05) is 6.54 Å². The Hall–Kier alpha value is -1.82. The summed E-state index contributed by atoms with van der Waals surface area (Å²) in [6.07, 6.45) is 1.17. The molecule has 18 heavy (non-hydrogen) atoms. The highest BCUT2D eigenvalue weighted by Crippen LogP contribution is 2.25. The Morgan fingerprint density at radius 1 is 1.33 bits per heavy atom. The van der Waals surface area contributed by atoms with Crippen LogP contribution in [0.5, 0.6) is 0 Å². The molecule has 0 aromatic heterocycles. The molecule has 0 saturated heterocycles. The number of nitriles is 1. The van der Waals surface area contributed by atoms with Gasteiger partial charge in [0.25, 0.3) is 5.91 Å². The molecule has 96 valence electrons. The normalized spacial score (nSPS) is 10.8. The molecule has 3 nitrogen and oxygen atoms in total. The zero-order valence-electron chi connectivity index (χ0n) is 11.3. The van der Waals surface area contributed by atoms with Crippen molar-refractivity contribution in [3.05, 3.63) is 35.4 Å². The molecule has 1 rings (SSSR count). The van der Waals surface area contributed by atoms with Crippen LogP contribution in [-0.2, 0) is 5.41 Å². The number of rotatable bonds is 4. The van der Waals surface area contributed by atoms with Crippen molar-refractivity contribution in [2.45, 2.75) is 39.0 Å². The predicted octanol–water partition coefficient (Wildman–Crippen LogP) is 3.02. The molecule has 0 aliphatic carbocycles. The molecule has 1 N–H and O–H groups in total. The molecule has 0 saturated carbocycles. The minimum atomic E-state index is -0.0570. The minimum Gasteiger partial charge on any atom is -0.352 e. The van der Waals surface area contributed by atoms with E-state index in [1.54, 1.807) is 0 Å². The fourth-order valence-corrected chi connectivity index (χ4v) is 1.80. The molecular formula is C15H20N2O.